The molecule has 2 N–H and O–H groups in total. The lowest BCUT2D eigenvalue weighted by Crippen LogP contribution is -2.35. The van der Waals surface area contributed by atoms with Gasteiger partial charge in [0.1, 0.15) is 0 Å². The first-order valence-electron chi connectivity index (χ1n) is 8.07. The van der Waals surface area contributed by atoms with Gasteiger partial charge in [0.2, 0.25) is 11.9 Å². The molecule has 0 saturated carbocycles. The molecule has 6 nitrogen and oxygen atoms in total. The van der Waals surface area contributed by atoms with Crippen molar-refractivity contribution in [3.8, 4) is 0 Å². The maximum Gasteiger partial charge on any atom is 0.222 e. The van der Waals surface area contributed by atoms with E-state index in [0.717, 1.165) is 0 Å². The first-order valence-corrected chi connectivity index (χ1v) is 8.07. The zero-order valence-corrected chi connectivity index (χ0v) is 14.5. The molecule has 0 bridgehead atoms. The van der Waals surface area contributed by atoms with E-state index in [1.807, 2.05) is 14.1 Å². The highest BCUT2D eigenvalue weighted by molar-refractivity contribution is 5.76. The molecule has 0 unspecified atom stereocenters. The van der Waals surface area contributed by atoms with E-state index in [1.54, 1.807) is 18.5 Å². The van der Waals surface area contributed by atoms with Gasteiger partial charge in [0, 0.05) is 31.9 Å². The third-order valence-electron chi connectivity index (χ3n) is 3.78. The van der Waals surface area contributed by atoms with Crippen LogP contribution in [-0.2, 0) is 4.79 Å². The summed E-state index contributed by atoms with van der Waals surface area (Å²) in [6.45, 7) is 3.16. The fourth-order valence-electron chi connectivity index (χ4n) is 2.36. The number of anilines is 1. The minimum absolute atomic E-state index is 0.0115. The van der Waals surface area contributed by atoms with Crippen molar-refractivity contribution >= 4 is 11.9 Å². The average Bonchev–Trinajstić information content (AvgIpc) is 2.57. The average molecular weight is 327 g/mol. The van der Waals surface area contributed by atoms with Gasteiger partial charge in [-0.3, -0.25) is 4.79 Å². The molecule has 128 valence electrons. The largest absolute Gasteiger partial charge is 0.354 e. The number of nitrogens with zero attached hydrogens (tertiary/aromatic N) is 3. The highest BCUT2D eigenvalue weighted by Crippen LogP contribution is 2.17. The summed E-state index contributed by atoms with van der Waals surface area (Å²) in [4.78, 5) is 22.3. The molecule has 2 rings (SSSR count). The Morgan fingerprint density at radius 1 is 1.17 bits per heavy atom. The van der Waals surface area contributed by atoms with E-state index in [1.165, 1.54) is 11.1 Å². The monoisotopic (exact) mass is 327 g/mol. The van der Waals surface area contributed by atoms with Gasteiger partial charge in [0.05, 0.1) is 6.04 Å². The van der Waals surface area contributed by atoms with E-state index in [-0.39, 0.29) is 11.9 Å². The summed E-state index contributed by atoms with van der Waals surface area (Å²) in [6, 6.07) is 10.3. The van der Waals surface area contributed by atoms with Crippen LogP contribution >= 0.6 is 0 Å². The summed E-state index contributed by atoms with van der Waals surface area (Å²) in [7, 11) is 4.04. The molecule has 1 aromatic heterocycles. The van der Waals surface area contributed by atoms with Crippen molar-refractivity contribution < 1.29 is 4.79 Å². The van der Waals surface area contributed by atoms with E-state index in [9.17, 15) is 4.79 Å². The van der Waals surface area contributed by atoms with Crippen molar-refractivity contribution in [1.29, 1.82) is 0 Å². The van der Waals surface area contributed by atoms with Crippen LogP contribution in [0.5, 0.6) is 0 Å². The van der Waals surface area contributed by atoms with Crippen molar-refractivity contribution in [3.05, 3.63) is 53.9 Å². The number of rotatable bonds is 8. The molecule has 24 heavy (non-hydrogen) atoms. The van der Waals surface area contributed by atoms with Gasteiger partial charge in [-0.15, -0.1) is 0 Å². The van der Waals surface area contributed by atoms with Crippen molar-refractivity contribution in [2.75, 3.05) is 32.5 Å². The maximum atomic E-state index is 12.0. The maximum absolute atomic E-state index is 12.0. The molecular weight excluding hydrogens is 302 g/mol. The van der Waals surface area contributed by atoms with Crippen LogP contribution in [0.4, 0.5) is 5.95 Å². The molecule has 0 aliphatic carbocycles. The molecule has 0 spiro atoms. The molecule has 2 aromatic rings. The van der Waals surface area contributed by atoms with E-state index < -0.39 is 0 Å². The lowest BCUT2D eigenvalue weighted by Gasteiger charge is -2.25. The minimum Gasteiger partial charge on any atom is -0.354 e. The van der Waals surface area contributed by atoms with Crippen molar-refractivity contribution in [2.45, 2.75) is 19.4 Å². The molecule has 1 atom stereocenters. The van der Waals surface area contributed by atoms with Crippen LogP contribution < -0.4 is 10.6 Å². The molecule has 0 radical (unpaired) electrons. The van der Waals surface area contributed by atoms with Crippen LogP contribution in [0.15, 0.2) is 42.7 Å². The number of likely N-dealkylation sites (N-methyl/N-ethyl adjacent to an activating group) is 1. The van der Waals surface area contributed by atoms with Crippen LogP contribution in [0.25, 0.3) is 0 Å². The topological polar surface area (TPSA) is 70.1 Å². The number of amides is 1. The molecule has 0 aliphatic rings. The second-order valence-corrected chi connectivity index (χ2v) is 5.94. The molecule has 1 amide bonds. The van der Waals surface area contributed by atoms with Crippen LogP contribution in [-0.4, -0.2) is 48.0 Å². The quantitative estimate of drug-likeness (QED) is 0.776. The molecule has 1 heterocycles. The fourth-order valence-corrected chi connectivity index (χ4v) is 2.36. The summed E-state index contributed by atoms with van der Waals surface area (Å²) in [5.41, 5.74) is 2.43. The Bertz CT molecular complexity index is 628. The number of benzene rings is 1. The van der Waals surface area contributed by atoms with E-state index in [2.05, 4.69) is 56.7 Å². The molecule has 0 aliphatic heterocycles. The molecule has 1 aromatic carbocycles. The predicted octanol–water partition coefficient (Wildman–Crippen LogP) is 2.01. The number of carbonyl (C=O) groups is 1. The van der Waals surface area contributed by atoms with E-state index in [4.69, 9.17) is 0 Å². The van der Waals surface area contributed by atoms with Gasteiger partial charge < -0.3 is 15.5 Å². The van der Waals surface area contributed by atoms with Gasteiger partial charge in [0.15, 0.2) is 0 Å². The van der Waals surface area contributed by atoms with Crippen molar-refractivity contribution in [3.63, 3.8) is 0 Å². The Labute approximate surface area is 143 Å². The third kappa shape index (κ3) is 5.62. The molecule has 6 heteroatoms. The Morgan fingerprint density at radius 2 is 1.83 bits per heavy atom. The van der Waals surface area contributed by atoms with Crippen LogP contribution in [0, 0.1) is 6.92 Å². The lowest BCUT2D eigenvalue weighted by molar-refractivity contribution is -0.121. The number of nitrogens with one attached hydrogen (secondary N) is 2. The van der Waals surface area contributed by atoms with Crippen LogP contribution in [0.2, 0.25) is 0 Å². The SMILES string of the molecule is Cc1ccc([C@@H](CNC(=O)CCNc2ncccn2)N(C)C)cc1. The second kappa shape index (κ2) is 8.98. The zero-order chi connectivity index (χ0) is 17.4. The summed E-state index contributed by atoms with van der Waals surface area (Å²) in [5, 5.41) is 6.03. The van der Waals surface area contributed by atoms with Crippen molar-refractivity contribution in [1.82, 2.24) is 20.2 Å². The van der Waals surface area contributed by atoms with Gasteiger partial charge in [-0.25, -0.2) is 9.97 Å². The summed E-state index contributed by atoms with van der Waals surface area (Å²) in [6.07, 6.45) is 3.71. The lowest BCUT2D eigenvalue weighted by atomic mass is 10.0. The molecular formula is C18H25N5O. The number of aryl methyl sites for hydroxylation is 1. The van der Waals surface area contributed by atoms with Crippen molar-refractivity contribution in [2.24, 2.45) is 0 Å². The Kier molecular flexibility index (Phi) is 6.69. The third-order valence-corrected chi connectivity index (χ3v) is 3.78. The summed E-state index contributed by atoms with van der Waals surface area (Å²) in [5.74, 6) is 0.550. The van der Waals surface area contributed by atoms with Crippen LogP contribution in [0.1, 0.15) is 23.6 Å². The highest BCUT2D eigenvalue weighted by atomic mass is 16.1. The van der Waals surface area contributed by atoms with Gasteiger partial charge in [-0.2, -0.15) is 0 Å². The van der Waals surface area contributed by atoms with Gasteiger partial charge in [-0.05, 0) is 32.6 Å². The second-order valence-electron chi connectivity index (χ2n) is 5.94. The molecule has 0 fully saturated rings. The number of aromatic nitrogens is 2. The molecule has 0 saturated heterocycles. The predicted molar refractivity (Wildman–Crippen MR) is 95.8 cm³/mol. The summed E-state index contributed by atoms with van der Waals surface area (Å²) < 4.78 is 0. The van der Waals surface area contributed by atoms with Gasteiger partial charge in [-0.1, -0.05) is 29.8 Å². The van der Waals surface area contributed by atoms with E-state index >= 15 is 0 Å². The standard InChI is InChI=1S/C18H25N5O/c1-14-5-7-15(8-6-14)16(23(2)3)13-22-17(24)9-12-21-18-19-10-4-11-20-18/h4-8,10-11,16H,9,12-13H2,1-3H3,(H,22,24)(H,19,20,21)/t16-/m1/s1. The van der Waals surface area contributed by atoms with Gasteiger partial charge >= 0.3 is 0 Å². The Balaban J connectivity index is 1.79. The van der Waals surface area contributed by atoms with E-state index in [0.29, 0.717) is 25.5 Å². The Morgan fingerprint density at radius 3 is 2.46 bits per heavy atom. The number of hydrogen-bond donors (Lipinski definition) is 2. The minimum atomic E-state index is 0.0115. The van der Waals surface area contributed by atoms with Crippen LogP contribution in [0.3, 0.4) is 0 Å². The first kappa shape index (κ1) is 17.9. The fraction of sp³-hybridized carbons (Fsp3) is 0.389. The first-order chi connectivity index (χ1) is 11.6. The zero-order valence-electron chi connectivity index (χ0n) is 14.5. The number of carbonyl (C=O) groups excluding carboxylic acids is 1. The normalized spacial score (nSPS) is 12.0. The number of hydrogen-bond acceptors (Lipinski definition) is 5. The Hall–Kier alpha value is -2.47. The smallest absolute Gasteiger partial charge is 0.222 e. The summed E-state index contributed by atoms with van der Waals surface area (Å²) >= 11 is 0. The van der Waals surface area contributed by atoms with Gasteiger partial charge in [0.25, 0.3) is 0 Å². The highest BCUT2D eigenvalue weighted by Gasteiger charge is 2.15.